The molecule has 0 radical (unpaired) electrons. The number of anilines is 1. The van der Waals surface area contributed by atoms with Gasteiger partial charge < -0.3 is 5.32 Å². The van der Waals surface area contributed by atoms with Gasteiger partial charge in [-0.05, 0) is 42.5 Å². The van der Waals surface area contributed by atoms with Gasteiger partial charge in [-0.1, -0.05) is 29.8 Å². The molecule has 0 saturated heterocycles. The number of carbonyl (C=O) groups is 1. The molecule has 3 rings (SSSR count). The number of alkyl halides is 3. The van der Waals surface area contributed by atoms with Crippen molar-refractivity contribution in [1.82, 2.24) is 4.98 Å². The lowest BCUT2D eigenvalue weighted by atomic mass is 10.1. The summed E-state index contributed by atoms with van der Waals surface area (Å²) in [6.45, 7) is 0. The smallest absolute Gasteiger partial charge is 0.322 e. The van der Waals surface area contributed by atoms with Crippen molar-refractivity contribution in [2.24, 2.45) is 0 Å². The highest BCUT2D eigenvalue weighted by Gasteiger charge is 2.33. The molecule has 3 nitrogen and oxygen atoms in total. The minimum atomic E-state index is -4.60. The standard InChI is InChI=1S/C19H12ClF3N2O/c20-16-9-8-14(11-15(16)19(21,22)23)25-18(26)13-6-4-12(5-7-13)17-3-1-2-10-24-17/h1-11H,(H,25,26). The van der Waals surface area contributed by atoms with E-state index in [1.807, 2.05) is 12.1 Å². The third-order valence-electron chi connectivity index (χ3n) is 3.64. The number of carbonyl (C=O) groups excluding carboxylic acids is 1. The number of hydrogen-bond donors (Lipinski definition) is 1. The van der Waals surface area contributed by atoms with Crippen molar-refractivity contribution in [1.29, 1.82) is 0 Å². The minimum Gasteiger partial charge on any atom is -0.322 e. The van der Waals surface area contributed by atoms with E-state index in [0.29, 0.717) is 5.56 Å². The summed E-state index contributed by atoms with van der Waals surface area (Å²) in [7, 11) is 0. The van der Waals surface area contributed by atoms with Crippen LogP contribution in [0.4, 0.5) is 18.9 Å². The highest BCUT2D eigenvalue weighted by atomic mass is 35.5. The number of pyridine rings is 1. The Morgan fingerprint density at radius 2 is 1.73 bits per heavy atom. The van der Waals surface area contributed by atoms with Gasteiger partial charge in [0.05, 0.1) is 16.3 Å². The Bertz CT molecular complexity index is 926. The maximum atomic E-state index is 12.9. The number of nitrogens with one attached hydrogen (secondary N) is 1. The Kier molecular flexibility index (Phi) is 4.95. The van der Waals surface area contributed by atoms with Crippen LogP contribution in [0.5, 0.6) is 0 Å². The molecule has 0 aliphatic rings. The summed E-state index contributed by atoms with van der Waals surface area (Å²) >= 11 is 5.57. The molecule has 2 aromatic carbocycles. The second-order valence-electron chi connectivity index (χ2n) is 5.44. The third-order valence-corrected chi connectivity index (χ3v) is 3.97. The molecule has 0 saturated carbocycles. The molecular weight excluding hydrogens is 365 g/mol. The lowest BCUT2D eigenvalue weighted by Crippen LogP contribution is -2.13. The molecule has 1 amide bonds. The predicted octanol–water partition coefficient (Wildman–Crippen LogP) is 5.67. The molecule has 0 unspecified atom stereocenters. The average Bonchev–Trinajstić information content (AvgIpc) is 2.63. The van der Waals surface area contributed by atoms with Crippen LogP contribution < -0.4 is 5.32 Å². The Balaban J connectivity index is 1.78. The molecule has 1 aromatic heterocycles. The number of halogens is 4. The molecule has 7 heteroatoms. The van der Waals surface area contributed by atoms with Gasteiger partial charge in [-0.3, -0.25) is 9.78 Å². The number of amides is 1. The zero-order chi connectivity index (χ0) is 18.7. The molecule has 3 aromatic rings. The van der Waals surface area contributed by atoms with Crippen LogP contribution in [-0.4, -0.2) is 10.9 Å². The van der Waals surface area contributed by atoms with Crippen LogP contribution in [0.3, 0.4) is 0 Å². The Labute approximate surface area is 152 Å². The maximum absolute atomic E-state index is 12.9. The van der Waals surface area contributed by atoms with Gasteiger partial charge in [0.1, 0.15) is 0 Å². The quantitative estimate of drug-likeness (QED) is 0.639. The van der Waals surface area contributed by atoms with E-state index in [1.54, 1.807) is 36.5 Å². The summed E-state index contributed by atoms with van der Waals surface area (Å²) in [5.41, 5.74) is 0.913. The van der Waals surface area contributed by atoms with Crippen molar-refractivity contribution < 1.29 is 18.0 Å². The Hall–Kier alpha value is -2.86. The van der Waals surface area contributed by atoms with Crippen LogP contribution in [0.2, 0.25) is 5.02 Å². The van der Waals surface area contributed by atoms with Crippen molar-refractivity contribution in [2.75, 3.05) is 5.32 Å². The highest BCUT2D eigenvalue weighted by Crippen LogP contribution is 2.36. The number of hydrogen-bond acceptors (Lipinski definition) is 2. The first-order valence-electron chi connectivity index (χ1n) is 7.54. The van der Waals surface area contributed by atoms with E-state index in [4.69, 9.17) is 11.6 Å². The molecule has 1 heterocycles. The van der Waals surface area contributed by atoms with Crippen molar-refractivity contribution in [3.8, 4) is 11.3 Å². The molecule has 0 aliphatic carbocycles. The summed E-state index contributed by atoms with van der Waals surface area (Å²) in [4.78, 5) is 16.5. The number of benzene rings is 2. The van der Waals surface area contributed by atoms with E-state index in [0.717, 1.165) is 23.4 Å². The molecular formula is C19H12ClF3N2O. The van der Waals surface area contributed by atoms with Crippen molar-refractivity contribution in [2.45, 2.75) is 6.18 Å². The predicted molar refractivity (Wildman–Crippen MR) is 94.1 cm³/mol. The summed E-state index contributed by atoms with van der Waals surface area (Å²) in [6.07, 6.45) is -2.93. The third kappa shape index (κ3) is 4.03. The summed E-state index contributed by atoms with van der Waals surface area (Å²) < 4.78 is 38.7. The summed E-state index contributed by atoms with van der Waals surface area (Å²) in [5.74, 6) is -0.520. The fourth-order valence-electron chi connectivity index (χ4n) is 2.35. The van der Waals surface area contributed by atoms with Crippen LogP contribution in [0, 0.1) is 0 Å². The molecule has 0 bridgehead atoms. The SMILES string of the molecule is O=C(Nc1ccc(Cl)c(C(F)(F)F)c1)c1ccc(-c2ccccn2)cc1. The van der Waals surface area contributed by atoms with Crippen molar-refractivity contribution in [3.05, 3.63) is 83.0 Å². The van der Waals surface area contributed by atoms with Crippen molar-refractivity contribution >= 4 is 23.2 Å². The Morgan fingerprint density at radius 1 is 1.00 bits per heavy atom. The minimum absolute atomic E-state index is 0.0144. The van der Waals surface area contributed by atoms with Gasteiger partial charge in [-0.2, -0.15) is 13.2 Å². The second-order valence-corrected chi connectivity index (χ2v) is 5.85. The van der Waals surface area contributed by atoms with Gasteiger partial charge >= 0.3 is 6.18 Å². The van der Waals surface area contributed by atoms with Crippen LogP contribution in [0.25, 0.3) is 11.3 Å². The lowest BCUT2D eigenvalue weighted by molar-refractivity contribution is -0.137. The number of nitrogens with zero attached hydrogens (tertiary/aromatic N) is 1. The maximum Gasteiger partial charge on any atom is 0.417 e. The Morgan fingerprint density at radius 3 is 2.35 bits per heavy atom. The van der Waals surface area contributed by atoms with Crippen LogP contribution in [0.15, 0.2) is 66.9 Å². The van der Waals surface area contributed by atoms with Gasteiger partial charge in [0.2, 0.25) is 0 Å². The number of rotatable bonds is 3. The van der Waals surface area contributed by atoms with Gasteiger partial charge in [0.15, 0.2) is 0 Å². The van der Waals surface area contributed by atoms with Gasteiger partial charge in [-0.25, -0.2) is 0 Å². The zero-order valence-electron chi connectivity index (χ0n) is 13.2. The molecule has 26 heavy (non-hydrogen) atoms. The average molecular weight is 377 g/mol. The molecule has 1 N–H and O–H groups in total. The number of aromatic nitrogens is 1. The fraction of sp³-hybridized carbons (Fsp3) is 0.0526. The topological polar surface area (TPSA) is 42.0 Å². The molecule has 0 spiro atoms. The molecule has 0 fully saturated rings. The molecule has 132 valence electrons. The lowest BCUT2D eigenvalue weighted by Gasteiger charge is -2.12. The second kappa shape index (κ2) is 7.17. The van der Waals surface area contributed by atoms with E-state index >= 15 is 0 Å². The van der Waals surface area contributed by atoms with Crippen LogP contribution in [0.1, 0.15) is 15.9 Å². The van der Waals surface area contributed by atoms with Crippen LogP contribution in [-0.2, 0) is 6.18 Å². The zero-order valence-corrected chi connectivity index (χ0v) is 14.0. The summed E-state index contributed by atoms with van der Waals surface area (Å²) in [5, 5.41) is 2.02. The normalized spacial score (nSPS) is 11.2. The van der Waals surface area contributed by atoms with E-state index < -0.39 is 22.7 Å². The van der Waals surface area contributed by atoms with E-state index in [-0.39, 0.29) is 5.69 Å². The molecule has 0 atom stereocenters. The largest absolute Gasteiger partial charge is 0.417 e. The first-order chi connectivity index (χ1) is 12.3. The van der Waals surface area contributed by atoms with E-state index in [9.17, 15) is 18.0 Å². The fourth-order valence-corrected chi connectivity index (χ4v) is 2.57. The van der Waals surface area contributed by atoms with Crippen molar-refractivity contribution in [3.63, 3.8) is 0 Å². The first kappa shape index (κ1) is 17.9. The van der Waals surface area contributed by atoms with E-state index in [1.165, 1.54) is 6.07 Å². The highest BCUT2D eigenvalue weighted by molar-refractivity contribution is 6.31. The van der Waals surface area contributed by atoms with Gasteiger partial charge in [0.25, 0.3) is 5.91 Å². The van der Waals surface area contributed by atoms with E-state index in [2.05, 4.69) is 10.3 Å². The van der Waals surface area contributed by atoms with Gasteiger partial charge in [0, 0.05) is 23.0 Å². The molecule has 0 aliphatic heterocycles. The first-order valence-corrected chi connectivity index (χ1v) is 7.92. The summed E-state index contributed by atoms with van der Waals surface area (Å²) in [6, 6.07) is 15.3. The monoisotopic (exact) mass is 376 g/mol. The van der Waals surface area contributed by atoms with Crippen LogP contribution >= 0.6 is 11.6 Å². The van der Waals surface area contributed by atoms with Gasteiger partial charge in [-0.15, -0.1) is 0 Å².